The zero-order valence-electron chi connectivity index (χ0n) is 8.78. The van der Waals surface area contributed by atoms with E-state index in [1.807, 2.05) is 6.92 Å². The summed E-state index contributed by atoms with van der Waals surface area (Å²) >= 11 is 0. The van der Waals surface area contributed by atoms with Crippen LogP contribution >= 0.6 is 0 Å². The van der Waals surface area contributed by atoms with Gasteiger partial charge < -0.3 is 5.73 Å². The number of rotatable bonds is 5. The first-order valence-corrected chi connectivity index (χ1v) is 6.26. The Labute approximate surface area is 92.1 Å². The Balaban J connectivity index is 2.82. The van der Waals surface area contributed by atoms with Crippen LogP contribution in [-0.2, 0) is 10.8 Å². The molecule has 0 spiro atoms. The van der Waals surface area contributed by atoms with Crippen LogP contribution in [0, 0.1) is 5.82 Å². The molecule has 2 nitrogen and oxygen atoms in total. The SMILES string of the molecule is CCC(CCN)S(=O)c1cccc(F)c1. The average Bonchev–Trinajstić information content (AvgIpc) is 2.25. The standard InChI is InChI=1S/C11H16FNOS/c1-2-10(6-7-13)15(14)11-5-3-4-9(12)8-11/h3-5,8,10H,2,6-7,13H2,1H3. The van der Waals surface area contributed by atoms with Crippen LogP contribution in [0.25, 0.3) is 0 Å². The van der Waals surface area contributed by atoms with E-state index in [1.165, 1.54) is 12.1 Å². The highest BCUT2D eigenvalue weighted by atomic mass is 32.2. The molecule has 0 aliphatic carbocycles. The first-order chi connectivity index (χ1) is 7.19. The number of hydrogen-bond acceptors (Lipinski definition) is 2. The quantitative estimate of drug-likeness (QED) is 0.839. The first-order valence-electron chi connectivity index (χ1n) is 5.05. The molecule has 0 bridgehead atoms. The Morgan fingerprint density at radius 2 is 2.27 bits per heavy atom. The third kappa shape index (κ3) is 3.39. The molecule has 1 aromatic rings. The fourth-order valence-corrected chi connectivity index (χ4v) is 2.91. The van der Waals surface area contributed by atoms with Crippen molar-refractivity contribution in [1.82, 2.24) is 0 Å². The minimum Gasteiger partial charge on any atom is -0.330 e. The highest BCUT2D eigenvalue weighted by Crippen LogP contribution is 2.16. The summed E-state index contributed by atoms with van der Waals surface area (Å²) < 4.78 is 24.9. The Morgan fingerprint density at radius 1 is 1.53 bits per heavy atom. The monoisotopic (exact) mass is 229 g/mol. The number of nitrogens with two attached hydrogens (primary N) is 1. The van der Waals surface area contributed by atoms with E-state index in [-0.39, 0.29) is 11.1 Å². The molecule has 0 radical (unpaired) electrons. The van der Waals surface area contributed by atoms with E-state index in [4.69, 9.17) is 5.73 Å². The topological polar surface area (TPSA) is 43.1 Å². The van der Waals surface area contributed by atoms with Gasteiger partial charge in [-0.05, 0) is 37.6 Å². The van der Waals surface area contributed by atoms with Crippen molar-refractivity contribution < 1.29 is 8.60 Å². The normalized spacial score (nSPS) is 14.9. The minimum atomic E-state index is -1.15. The van der Waals surface area contributed by atoms with E-state index in [9.17, 15) is 8.60 Å². The molecule has 0 aliphatic heterocycles. The maximum absolute atomic E-state index is 12.9. The molecular formula is C11H16FNOS. The van der Waals surface area contributed by atoms with Crippen LogP contribution < -0.4 is 5.73 Å². The third-order valence-electron chi connectivity index (χ3n) is 2.28. The van der Waals surface area contributed by atoms with Gasteiger partial charge in [-0.2, -0.15) is 0 Å². The molecule has 0 amide bonds. The maximum atomic E-state index is 12.9. The lowest BCUT2D eigenvalue weighted by molar-refractivity contribution is 0.620. The maximum Gasteiger partial charge on any atom is 0.124 e. The highest BCUT2D eigenvalue weighted by molar-refractivity contribution is 7.85. The Hall–Kier alpha value is -0.740. The Morgan fingerprint density at radius 3 is 2.80 bits per heavy atom. The van der Waals surface area contributed by atoms with Gasteiger partial charge in [0.05, 0.1) is 10.8 Å². The average molecular weight is 229 g/mol. The van der Waals surface area contributed by atoms with Gasteiger partial charge in [0.15, 0.2) is 0 Å². The fourth-order valence-electron chi connectivity index (χ4n) is 1.43. The lowest BCUT2D eigenvalue weighted by atomic mass is 10.2. The molecule has 0 saturated heterocycles. The van der Waals surface area contributed by atoms with Crippen molar-refractivity contribution in [1.29, 1.82) is 0 Å². The van der Waals surface area contributed by atoms with Gasteiger partial charge >= 0.3 is 0 Å². The molecule has 2 unspecified atom stereocenters. The van der Waals surface area contributed by atoms with Crippen molar-refractivity contribution in [2.45, 2.75) is 29.9 Å². The van der Waals surface area contributed by atoms with Crippen LogP contribution in [0.1, 0.15) is 19.8 Å². The van der Waals surface area contributed by atoms with Crippen LogP contribution in [-0.4, -0.2) is 16.0 Å². The smallest absolute Gasteiger partial charge is 0.124 e. The summed E-state index contributed by atoms with van der Waals surface area (Å²) in [5, 5.41) is 0.0248. The summed E-state index contributed by atoms with van der Waals surface area (Å²) in [7, 11) is -1.15. The van der Waals surface area contributed by atoms with Gasteiger partial charge in [0.2, 0.25) is 0 Å². The molecule has 15 heavy (non-hydrogen) atoms. The second-order valence-electron chi connectivity index (χ2n) is 3.36. The Bertz CT molecular complexity index is 343. The lowest BCUT2D eigenvalue weighted by Gasteiger charge is -2.13. The number of halogens is 1. The van der Waals surface area contributed by atoms with E-state index in [0.29, 0.717) is 17.9 Å². The second-order valence-corrected chi connectivity index (χ2v) is 5.10. The van der Waals surface area contributed by atoms with Gasteiger partial charge in [-0.1, -0.05) is 13.0 Å². The minimum absolute atomic E-state index is 0.0248. The summed E-state index contributed by atoms with van der Waals surface area (Å²) in [5.41, 5.74) is 5.44. The summed E-state index contributed by atoms with van der Waals surface area (Å²) in [4.78, 5) is 0.551. The summed E-state index contributed by atoms with van der Waals surface area (Å²) in [6, 6.07) is 5.95. The summed E-state index contributed by atoms with van der Waals surface area (Å²) in [6.45, 7) is 2.48. The van der Waals surface area contributed by atoms with Crippen LogP contribution in [0.15, 0.2) is 29.2 Å². The van der Waals surface area contributed by atoms with Crippen LogP contribution in [0.4, 0.5) is 4.39 Å². The van der Waals surface area contributed by atoms with Crippen molar-refractivity contribution in [3.8, 4) is 0 Å². The van der Waals surface area contributed by atoms with Gasteiger partial charge in [0.1, 0.15) is 5.82 Å². The molecule has 0 aliphatic rings. The van der Waals surface area contributed by atoms with Crippen LogP contribution in [0.2, 0.25) is 0 Å². The predicted octanol–water partition coefficient (Wildman–Crippen LogP) is 2.06. The summed E-state index contributed by atoms with van der Waals surface area (Å²) in [6.07, 6.45) is 1.50. The lowest BCUT2D eigenvalue weighted by Crippen LogP contribution is -2.18. The Kier molecular flexibility index (Phi) is 4.91. The van der Waals surface area contributed by atoms with Crippen molar-refractivity contribution in [3.63, 3.8) is 0 Å². The summed E-state index contributed by atoms with van der Waals surface area (Å²) in [5.74, 6) is -0.344. The molecule has 0 heterocycles. The largest absolute Gasteiger partial charge is 0.330 e. The molecule has 0 fully saturated rings. The molecule has 2 N–H and O–H groups in total. The highest BCUT2D eigenvalue weighted by Gasteiger charge is 2.15. The zero-order valence-corrected chi connectivity index (χ0v) is 9.60. The second kappa shape index (κ2) is 5.98. The molecule has 0 aromatic heterocycles. The molecule has 84 valence electrons. The molecule has 1 rings (SSSR count). The predicted molar refractivity (Wildman–Crippen MR) is 60.6 cm³/mol. The zero-order chi connectivity index (χ0) is 11.3. The van der Waals surface area contributed by atoms with Crippen molar-refractivity contribution in [3.05, 3.63) is 30.1 Å². The van der Waals surface area contributed by atoms with Gasteiger partial charge in [-0.25, -0.2) is 4.39 Å². The van der Waals surface area contributed by atoms with Gasteiger partial charge in [0, 0.05) is 10.1 Å². The molecule has 4 heteroatoms. The van der Waals surface area contributed by atoms with E-state index in [0.717, 1.165) is 6.42 Å². The number of hydrogen-bond donors (Lipinski definition) is 1. The van der Waals surface area contributed by atoms with Crippen molar-refractivity contribution >= 4 is 10.8 Å². The van der Waals surface area contributed by atoms with Gasteiger partial charge in [-0.15, -0.1) is 0 Å². The van der Waals surface area contributed by atoms with Gasteiger partial charge in [0.25, 0.3) is 0 Å². The molecule has 0 saturated carbocycles. The third-order valence-corrected chi connectivity index (χ3v) is 4.17. The molecule has 2 atom stereocenters. The van der Waals surface area contributed by atoms with E-state index >= 15 is 0 Å². The van der Waals surface area contributed by atoms with Crippen molar-refractivity contribution in [2.75, 3.05) is 6.54 Å². The van der Waals surface area contributed by atoms with Crippen LogP contribution in [0.3, 0.4) is 0 Å². The van der Waals surface area contributed by atoms with Gasteiger partial charge in [-0.3, -0.25) is 4.21 Å². The van der Waals surface area contributed by atoms with Crippen molar-refractivity contribution in [2.24, 2.45) is 5.73 Å². The van der Waals surface area contributed by atoms with E-state index in [1.54, 1.807) is 12.1 Å². The first kappa shape index (κ1) is 12.3. The fraction of sp³-hybridized carbons (Fsp3) is 0.455. The van der Waals surface area contributed by atoms with Crippen LogP contribution in [0.5, 0.6) is 0 Å². The molecule has 1 aromatic carbocycles. The van der Waals surface area contributed by atoms with E-state index < -0.39 is 10.8 Å². The number of benzene rings is 1. The van der Waals surface area contributed by atoms with E-state index in [2.05, 4.69) is 0 Å². The molecular weight excluding hydrogens is 213 g/mol.